The van der Waals surface area contributed by atoms with Crippen LogP contribution in [-0.4, -0.2) is 72.9 Å². The Morgan fingerprint density at radius 1 is 0.913 bits per heavy atom. The van der Waals surface area contributed by atoms with Gasteiger partial charge in [-0.15, -0.1) is 0 Å². The molecule has 5 unspecified atom stereocenters. The number of carbonyl (C=O) groups excluding carboxylic acids is 3. The molecule has 3 aliphatic rings. The second-order valence-electron chi connectivity index (χ2n) is 11.9. The van der Waals surface area contributed by atoms with Crippen LogP contribution in [0.4, 0.5) is 10.5 Å². The van der Waals surface area contributed by atoms with Crippen molar-refractivity contribution in [2.45, 2.75) is 51.1 Å². The number of imide groups is 1. The van der Waals surface area contributed by atoms with Crippen molar-refractivity contribution in [1.82, 2.24) is 10.2 Å². The number of aliphatic hydroxyl groups is 1. The molecule has 3 aliphatic heterocycles. The molecule has 242 valence electrons. The minimum atomic E-state index is -1.01. The number of hydrogen-bond acceptors (Lipinski definition) is 9. The molecule has 3 saturated heterocycles. The summed E-state index contributed by atoms with van der Waals surface area (Å²) in [4.78, 5) is 41.9. The van der Waals surface area contributed by atoms with E-state index in [2.05, 4.69) is 17.1 Å². The van der Waals surface area contributed by atoms with Crippen LogP contribution in [0.5, 0.6) is 0 Å². The molecule has 5 atom stereocenters. The van der Waals surface area contributed by atoms with E-state index in [4.69, 9.17) is 18.9 Å². The monoisotopic (exact) mass is 629 g/mol. The Kier molecular flexibility index (Phi) is 10.1. The Bertz CT molecular complexity index is 1490. The van der Waals surface area contributed by atoms with Gasteiger partial charge in [0.05, 0.1) is 44.1 Å². The zero-order chi connectivity index (χ0) is 32.0. The van der Waals surface area contributed by atoms with Gasteiger partial charge in [0, 0.05) is 31.1 Å². The molecule has 6 rings (SSSR count). The second kappa shape index (κ2) is 14.5. The summed E-state index contributed by atoms with van der Waals surface area (Å²) >= 11 is 0. The van der Waals surface area contributed by atoms with Crippen molar-refractivity contribution in [1.29, 1.82) is 0 Å². The van der Waals surface area contributed by atoms with Gasteiger partial charge in [0.2, 0.25) is 5.91 Å². The third-order valence-electron chi connectivity index (χ3n) is 8.74. The first kappa shape index (κ1) is 31.8. The molecule has 3 amide bonds. The first-order chi connectivity index (χ1) is 22.4. The average Bonchev–Trinajstić information content (AvgIpc) is 3.37. The van der Waals surface area contributed by atoms with Crippen LogP contribution >= 0.6 is 0 Å². The van der Waals surface area contributed by atoms with Crippen LogP contribution in [0.15, 0.2) is 78.9 Å². The molecule has 3 fully saturated rings. The fourth-order valence-corrected chi connectivity index (χ4v) is 6.07. The highest BCUT2D eigenvalue weighted by molar-refractivity contribution is 6.22. The summed E-state index contributed by atoms with van der Waals surface area (Å²) in [5.74, 6) is -0.894. The van der Waals surface area contributed by atoms with E-state index < -0.39 is 30.2 Å². The fourth-order valence-electron chi connectivity index (χ4n) is 6.07. The number of morpholine rings is 1. The van der Waals surface area contributed by atoms with Gasteiger partial charge < -0.3 is 29.4 Å². The van der Waals surface area contributed by atoms with Crippen molar-refractivity contribution >= 4 is 23.6 Å². The van der Waals surface area contributed by atoms with Gasteiger partial charge in [-0.1, -0.05) is 73.7 Å². The topological polar surface area (TPSA) is 127 Å². The quantitative estimate of drug-likeness (QED) is 0.339. The molecule has 3 aromatic rings. The number of alkyl carbamates (subject to hydrolysis) is 1. The van der Waals surface area contributed by atoms with Gasteiger partial charge in [0.1, 0.15) is 12.6 Å². The van der Waals surface area contributed by atoms with Gasteiger partial charge in [0.25, 0.3) is 5.91 Å². The zero-order valence-electron chi connectivity index (χ0n) is 25.7. The van der Waals surface area contributed by atoms with Crippen LogP contribution in [0.2, 0.25) is 0 Å². The minimum Gasteiger partial charge on any atom is -0.445 e. The van der Waals surface area contributed by atoms with E-state index in [-0.39, 0.29) is 37.8 Å². The molecular weight excluding hydrogens is 590 g/mol. The van der Waals surface area contributed by atoms with Crippen LogP contribution in [0.1, 0.15) is 48.0 Å². The molecule has 46 heavy (non-hydrogen) atoms. The molecule has 11 heteroatoms. The molecule has 3 heterocycles. The number of rotatable bonds is 9. The summed E-state index contributed by atoms with van der Waals surface area (Å²) < 4.78 is 23.9. The fraction of sp³-hybridized carbons (Fsp3) is 0.400. The summed E-state index contributed by atoms with van der Waals surface area (Å²) in [6, 6.07) is 22.9. The summed E-state index contributed by atoms with van der Waals surface area (Å²) in [5, 5.41) is 12.0. The van der Waals surface area contributed by atoms with E-state index in [0.29, 0.717) is 18.9 Å². The number of benzene rings is 3. The molecule has 11 nitrogen and oxygen atoms in total. The van der Waals surface area contributed by atoms with Gasteiger partial charge in [-0.05, 0) is 28.8 Å². The largest absolute Gasteiger partial charge is 0.445 e. The normalized spacial score (nSPS) is 25.4. The van der Waals surface area contributed by atoms with Gasteiger partial charge in [-0.2, -0.15) is 0 Å². The third kappa shape index (κ3) is 7.30. The predicted molar refractivity (Wildman–Crippen MR) is 167 cm³/mol. The van der Waals surface area contributed by atoms with E-state index >= 15 is 0 Å². The Hall–Kier alpha value is -4.13. The average molecular weight is 630 g/mol. The van der Waals surface area contributed by atoms with E-state index in [0.717, 1.165) is 46.8 Å². The van der Waals surface area contributed by atoms with E-state index in [1.54, 1.807) is 24.3 Å². The number of nitrogens with zero attached hydrogens (tertiary/aromatic N) is 2. The summed E-state index contributed by atoms with van der Waals surface area (Å²) in [5.41, 5.74) is 3.78. The molecule has 0 radical (unpaired) electrons. The Balaban J connectivity index is 1.14. The van der Waals surface area contributed by atoms with Gasteiger partial charge in [0.15, 0.2) is 6.29 Å². The number of ether oxygens (including phenoxy) is 4. The van der Waals surface area contributed by atoms with Crippen LogP contribution in [0, 0.1) is 5.92 Å². The molecular formula is C35H39N3O8. The van der Waals surface area contributed by atoms with Crippen molar-refractivity contribution in [2.24, 2.45) is 5.92 Å². The van der Waals surface area contributed by atoms with Crippen molar-refractivity contribution < 1.29 is 38.4 Å². The number of amides is 3. The lowest BCUT2D eigenvalue weighted by molar-refractivity contribution is -0.277. The summed E-state index contributed by atoms with van der Waals surface area (Å²) in [6.07, 6.45) is -1.99. The van der Waals surface area contributed by atoms with E-state index in [9.17, 15) is 19.5 Å². The minimum absolute atomic E-state index is 0.0315. The number of nitrogens with one attached hydrogen (secondary N) is 1. The second-order valence-corrected chi connectivity index (χ2v) is 11.9. The maximum Gasteiger partial charge on any atom is 0.408 e. The zero-order valence-corrected chi connectivity index (χ0v) is 25.7. The molecule has 0 aliphatic carbocycles. The number of carbonyl (C=O) groups is 3. The van der Waals surface area contributed by atoms with Gasteiger partial charge in [-0.3, -0.25) is 14.5 Å². The van der Waals surface area contributed by atoms with Crippen LogP contribution < -0.4 is 10.2 Å². The lowest BCUT2D eigenvalue weighted by Crippen LogP contribution is -2.47. The molecule has 0 saturated carbocycles. The standard InChI is InChI=1S/C35H39N3O8/c1-23-30(20-37-15-17-43-18-16-37)45-34(46-32(23)26-9-7-24(21-39)8-10-26)27-11-13-28(14-12-27)38-31(40)19-29(33(38)41)36-35(42)44-22-25-5-3-2-4-6-25/h2-14,23,29-30,32,34,39H,15-22H2,1H3,(H,36,42). The first-order valence-electron chi connectivity index (χ1n) is 15.6. The summed E-state index contributed by atoms with van der Waals surface area (Å²) in [6.45, 7) is 5.92. The Morgan fingerprint density at radius 2 is 1.61 bits per heavy atom. The SMILES string of the molecule is CC1C(CN2CCOCC2)OC(c2ccc(N3C(=O)CC(NC(=O)OCc4ccccc4)C3=O)cc2)OC1c1ccc(CO)cc1. The summed E-state index contributed by atoms with van der Waals surface area (Å²) in [7, 11) is 0. The van der Waals surface area contributed by atoms with Gasteiger partial charge in [-0.25, -0.2) is 9.69 Å². The molecule has 3 aromatic carbocycles. The third-order valence-corrected chi connectivity index (χ3v) is 8.74. The van der Waals surface area contributed by atoms with Crippen LogP contribution in [-0.2, 0) is 41.8 Å². The predicted octanol–water partition coefficient (Wildman–Crippen LogP) is 3.86. The molecule has 0 aromatic heterocycles. The molecule has 2 N–H and O–H groups in total. The number of aliphatic hydroxyl groups excluding tert-OH is 1. The number of hydrogen-bond donors (Lipinski definition) is 2. The van der Waals surface area contributed by atoms with Crippen molar-refractivity contribution in [2.75, 3.05) is 37.7 Å². The van der Waals surface area contributed by atoms with E-state index in [1.165, 1.54) is 0 Å². The maximum atomic E-state index is 13.2. The van der Waals surface area contributed by atoms with Crippen molar-refractivity contribution in [3.8, 4) is 0 Å². The highest BCUT2D eigenvalue weighted by Crippen LogP contribution is 2.42. The lowest BCUT2D eigenvalue weighted by atomic mass is 9.90. The smallest absolute Gasteiger partial charge is 0.408 e. The highest BCUT2D eigenvalue weighted by Gasteiger charge is 2.42. The highest BCUT2D eigenvalue weighted by atomic mass is 16.7. The van der Waals surface area contributed by atoms with Gasteiger partial charge >= 0.3 is 6.09 Å². The van der Waals surface area contributed by atoms with Crippen LogP contribution in [0.25, 0.3) is 0 Å². The molecule has 0 bridgehead atoms. The molecule has 0 spiro atoms. The van der Waals surface area contributed by atoms with Crippen LogP contribution in [0.3, 0.4) is 0 Å². The lowest BCUT2D eigenvalue weighted by Gasteiger charge is -2.43. The maximum absolute atomic E-state index is 13.2. The first-order valence-corrected chi connectivity index (χ1v) is 15.6. The number of anilines is 1. The Morgan fingerprint density at radius 3 is 2.30 bits per heavy atom. The van der Waals surface area contributed by atoms with Crippen molar-refractivity contribution in [3.63, 3.8) is 0 Å². The van der Waals surface area contributed by atoms with E-state index in [1.807, 2.05) is 54.6 Å². The Labute approximate surface area is 268 Å². The van der Waals surface area contributed by atoms with Crippen molar-refractivity contribution in [3.05, 3.63) is 101 Å².